The van der Waals surface area contributed by atoms with Crippen LogP contribution < -0.4 is 5.69 Å². The first kappa shape index (κ1) is 21.3. The highest BCUT2D eigenvalue weighted by Gasteiger charge is 2.32. The highest BCUT2D eigenvalue weighted by molar-refractivity contribution is 7.92. The van der Waals surface area contributed by atoms with Crippen molar-refractivity contribution in [1.82, 2.24) is 18.7 Å². The lowest BCUT2D eigenvalue weighted by atomic mass is 9.98. The van der Waals surface area contributed by atoms with E-state index in [0.29, 0.717) is 25.3 Å². The van der Waals surface area contributed by atoms with Crippen LogP contribution >= 0.6 is 0 Å². The number of aromatic nitrogens is 3. The molecular formula is C23H26N4O3S. The highest BCUT2D eigenvalue weighted by Crippen LogP contribution is 2.28. The van der Waals surface area contributed by atoms with Crippen LogP contribution in [-0.2, 0) is 17.1 Å². The van der Waals surface area contributed by atoms with Gasteiger partial charge in [-0.15, -0.1) is 0 Å². The van der Waals surface area contributed by atoms with Crippen molar-refractivity contribution in [3.8, 4) is 5.69 Å². The molecule has 4 rings (SSSR count). The van der Waals surface area contributed by atoms with Gasteiger partial charge in [0.15, 0.2) is 0 Å². The van der Waals surface area contributed by atoms with E-state index in [1.165, 1.54) is 14.4 Å². The second-order valence-corrected chi connectivity index (χ2v) is 9.71. The van der Waals surface area contributed by atoms with Crippen molar-refractivity contribution in [2.24, 2.45) is 7.05 Å². The van der Waals surface area contributed by atoms with Crippen LogP contribution in [0, 0.1) is 6.92 Å². The summed E-state index contributed by atoms with van der Waals surface area (Å²) in [5.74, 6) is 0.437. The molecule has 0 bridgehead atoms. The van der Waals surface area contributed by atoms with Gasteiger partial charge in [-0.25, -0.2) is 22.5 Å². The van der Waals surface area contributed by atoms with Gasteiger partial charge in [0.2, 0.25) is 10.0 Å². The van der Waals surface area contributed by atoms with E-state index in [1.807, 2.05) is 61.5 Å². The van der Waals surface area contributed by atoms with Gasteiger partial charge in [0.25, 0.3) is 0 Å². The Hall–Kier alpha value is -2.97. The van der Waals surface area contributed by atoms with Crippen LogP contribution in [0.25, 0.3) is 11.8 Å². The zero-order chi connectivity index (χ0) is 22.0. The average Bonchev–Trinajstić information content (AvgIpc) is 3.08. The summed E-state index contributed by atoms with van der Waals surface area (Å²) in [7, 11) is -1.96. The van der Waals surface area contributed by atoms with E-state index in [4.69, 9.17) is 0 Å². The molecule has 0 aliphatic carbocycles. The van der Waals surface area contributed by atoms with Crippen molar-refractivity contribution in [3.05, 3.63) is 87.4 Å². The molecule has 1 aliphatic heterocycles. The molecule has 1 fully saturated rings. The zero-order valence-electron chi connectivity index (χ0n) is 17.7. The largest absolute Gasteiger partial charge is 0.350 e. The monoisotopic (exact) mass is 438 g/mol. The van der Waals surface area contributed by atoms with Gasteiger partial charge in [-0.05, 0) is 43.5 Å². The summed E-state index contributed by atoms with van der Waals surface area (Å²) in [6.07, 6.45) is 3.11. The molecule has 1 unspecified atom stereocenters. The maximum atomic E-state index is 13.0. The smallest absolute Gasteiger partial charge is 0.247 e. The van der Waals surface area contributed by atoms with Gasteiger partial charge in [0.05, 0.1) is 5.69 Å². The van der Waals surface area contributed by atoms with Crippen LogP contribution in [0.4, 0.5) is 0 Å². The number of benzene rings is 2. The second-order valence-electron chi connectivity index (χ2n) is 7.89. The lowest BCUT2D eigenvalue weighted by molar-refractivity contribution is 0.310. The van der Waals surface area contributed by atoms with Crippen LogP contribution in [-0.4, -0.2) is 40.2 Å². The van der Waals surface area contributed by atoms with Crippen molar-refractivity contribution in [3.63, 3.8) is 0 Å². The van der Waals surface area contributed by atoms with Gasteiger partial charge in [-0.2, -0.15) is 9.40 Å². The number of hydrogen-bond donors (Lipinski definition) is 0. The van der Waals surface area contributed by atoms with Crippen LogP contribution in [0.5, 0.6) is 0 Å². The molecule has 0 N–H and O–H groups in total. The van der Waals surface area contributed by atoms with Crippen molar-refractivity contribution in [1.29, 1.82) is 0 Å². The number of para-hydroxylation sites is 1. The van der Waals surface area contributed by atoms with Crippen molar-refractivity contribution >= 4 is 16.1 Å². The molecule has 2 aromatic carbocycles. The maximum Gasteiger partial charge on any atom is 0.350 e. The highest BCUT2D eigenvalue weighted by atomic mass is 32.2. The number of sulfonamides is 1. The van der Waals surface area contributed by atoms with E-state index in [-0.39, 0.29) is 11.6 Å². The molecule has 31 heavy (non-hydrogen) atoms. The number of rotatable bonds is 5. The molecule has 1 atom stereocenters. The number of hydrogen-bond acceptors (Lipinski definition) is 4. The van der Waals surface area contributed by atoms with Gasteiger partial charge in [-0.3, -0.25) is 0 Å². The first-order valence-corrected chi connectivity index (χ1v) is 11.8. The van der Waals surface area contributed by atoms with E-state index in [2.05, 4.69) is 5.10 Å². The third kappa shape index (κ3) is 4.55. The van der Waals surface area contributed by atoms with E-state index in [9.17, 15) is 13.2 Å². The minimum atomic E-state index is -3.58. The van der Waals surface area contributed by atoms with Crippen LogP contribution in [0.3, 0.4) is 0 Å². The molecule has 1 saturated heterocycles. The predicted octanol–water partition coefficient (Wildman–Crippen LogP) is 3.06. The summed E-state index contributed by atoms with van der Waals surface area (Å²) < 4.78 is 30.3. The lowest BCUT2D eigenvalue weighted by Gasteiger charge is -2.30. The fourth-order valence-corrected chi connectivity index (χ4v) is 5.15. The Labute approximate surface area is 182 Å². The Morgan fingerprint density at radius 1 is 1.06 bits per heavy atom. The fourth-order valence-electron chi connectivity index (χ4n) is 3.88. The summed E-state index contributed by atoms with van der Waals surface area (Å²) in [5.41, 5.74) is 2.46. The summed E-state index contributed by atoms with van der Waals surface area (Å²) in [5, 5.41) is 5.72. The van der Waals surface area contributed by atoms with Crippen molar-refractivity contribution in [2.75, 3.05) is 13.1 Å². The van der Waals surface area contributed by atoms with Gasteiger partial charge < -0.3 is 0 Å². The number of aryl methyl sites for hydroxylation is 2. The minimum Gasteiger partial charge on any atom is -0.247 e. The summed E-state index contributed by atoms with van der Waals surface area (Å²) in [6.45, 7) is 2.74. The average molecular weight is 439 g/mol. The van der Waals surface area contributed by atoms with Gasteiger partial charge >= 0.3 is 5.69 Å². The molecule has 7 nitrogen and oxygen atoms in total. The van der Waals surface area contributed by atoms with E-state index in [1.54, 1.807) is 17.7 Å². The zero-order valence-corrected chi connectivity index (χ0v) is 18.5. The number of piperidine rings is 1. The van der Waals surface area contributed by atoms with E-state index in [0.717, 1.165) is 23.2 Å². The first-order chi connectivity index (χ1) is 14.8. The molecule has 162 valence electrons. The topological polar surface area (TPSA) is 77.2 Å². The Morgan fingerprint density at radius 3 is 2.48 bits per heavy atom. The normalized spacial score (nSPS) is 17.9. The maximum absolute atomic E-state index is 13.0. The van der Waals surface area contributed by atoms with Crippen LogP contribution in [0.1, 0.15) is 35.7 Å². The fraction of sp³-hybridized carbons (Fsp3) is 0.304. The van der Waals surface area contributed by atoms with Crippen LogP contribution in [0.2, 0.25) is 0 Å². The summed E-state index contributed by atoms with van der Waals surface area (Å²) in [6, 6.07) is 17.0. The SMILES string of the molecule is Cc1ccc(/C=C/S(=O)(=O)N2CCCC(c3nn(C)c(=O)n3-c3ccccc3)C2)cc1. The Morgan fingerprint density at radius 2 is 1.77 bits per heavy atom. The standard InChI is InChI=1S/C23H26N4O3S/c1-18-10-12-19(13-11-18)14-16-31(29,30)26-15-6-7-20(17-26)22-24-25(2)23(28)27(22)21-8-4-3-5-9-21/h3-5,8-14,16,20H,6-7,15,17H2,1-2H3/b16-14+. The molecule has 1 aromatic heterocycles. The van der Waals surface area contributed by atoms with Gasteiger partial charge in [0.1, 0.15) is 5.82 Å². The Balaban J connectivity index is 1.60. The molecule has 1 aliphatic rings. The first-order valence-electron chi connectivity index (χ1n) is 10.3. The van der Waals surface area contributed by atoms with E-state index >= 15 is 0 Å². The summed E-state index contributed by atoms with van der Waals surface area (Å²) in [4.78, 5) is 12.7. The second kappa shape index (κ2) is 8.64. The van der Waals surface area contributed by atoms with Crippen molar-refractivity contribution in [2.45, 2.75) is 25.7 Å². The predicted molar refractivity (Wildman–Crippen MR) is 121 cm³/mol. The Kier molecular flexibility index (Phi) is 5.93. The van der Waals surface area contributed by atoms with E-state index < -0.39 is 10.0 Å². The van der Waals surface area contributed by atoms with Gasteiger partial charge in [-0.1, -0.05) is 48.0 Å². The number of nitrogens with zero attached hydrogens (tertiary/aromatic N) is 4. The molecule has 0 saturated carbocycles. The molecule has 0 amide bonds. The minimum absolute atomic E-state index is 0.162. The molecule has 2 heterocycles. The molecule has 0 radical (unpaired) electrons. The van der Waals surface area contributed by atoms with Crippen LogP contribution in [0.15, 0.2) is 64.8 Å². The molecule has 8 heteroatoms. The molecule has 0 spiro atoms. The molecular weight excluding hydrogens is 412 g/mol. The Bertz CT molecular complexity index is 1240. The third-order valence-electron chi connectivity index (χ3n) is 5.58. The summed E-state index contributed by atoms with van der Waals surface area (Å²) >= 11 is 0. The van der Waals surface area contributed by atoms with Gasteiger partial charge in [0, 0.05) is 31.5 Å². The van der Waals surface area contributed by atoms with Crippen molar-refractivity contribution < 1.29 is 8.42 Å². The molecule has 3 aromatic rings. The third-order valence-corrected chi connectivity index (χ3v) is 7.11. The lowest BCUT2D eigenvalue weighted by Crippen LogP contribution is -2.39. The quantitative estimate of drug-likeness (QED) is 0.613.